The maximum absolute atomic E-state index is 12.1. The summed E-state index contributed by atoms with van der Waals surface area (Å²) in [6.07, 6.45) is -3.61. The summed E-state index contributed by atoms with van der Waals surface area (Å²) in [7, 11) is 0. The first-order chi connectivity index (χ1) is 7.28. The molecule has 16 heavy (non-hydrogen) atoms. The Morgan fingerprint density at radius 3 is 2.44 bits per heavy atom. The average molecular weight is 233 g/mol. The van der Waals surface area contributed by atoms with Crippen LogP contribution in [-0.4, -0.2) is 22.2 Å². The lowest BCUT2D eigenvalue weighted by atomic mass is 10.2. The van der Waals surface area contributed by atoms with E-state index < -0.39 is 18.6 Å². The van der Waals surface area contributed by atoms with Gasteiger partial charge >= 0.3 is 6.18 Å². The van der Waals surface area contributed by atoms with Crippen LogP contribution >= 0.6 is 0 Å². The van der Waals surface area contributed by atoms with Crippen molar-refractivity contribution in [2.45, 2.75) is 39.4 Å². The number of aromatic nitrogens is 2. The Balaban J connectivity index is 2.63. The zero-order valence-corrected chi connectivity index (χ0v) is 9.39. The molecule has 0 fully saturated rings. The SMILES string of the molecule is Cc1ncc(NC(C)CC(F)(F)F)nc1C. The number of hydrogen-bond donors (Lipinski definition) is 1. The molecule has 0 aliphatic rings. The molecule has 1 heterocycles. The number of halogens is 3. The van der Waals surface area contributed by atoms with Crippen LogP contribution in [0, 0.1) is 13.8 Å². The van der Waals surface area contributed by atoms with Gasteiger partial charge < -0.3 is 5.32 Å². The second-order valence-corrected chi connectivity index (χ2v) is 3.79. The normalized spacial score (nSPS) is 13.6. The Kier molecular flexibility index (Phi) is 3.72. The number of anilines is 1. The average Bonchev–Trinajstić information content (AvgIpc) is 2.08. The number of hydrogen-bond acceptors (Lipinski definition) is 3. The van der Waals surface area contributed by atoms with Crippen molar-refractivity contribution < 1.29 is 13.2 Å². The number of alkyl halides is 3. The van der Waals surface area contributed by atoms with E-state index in [4.69, 9.17) is 0 Å². The van der Waals surface area contributed by atoms with Gasteiger partial charge in [0.25, 0.3) is 0 Å². The number of rotatable bonds is 3. The predicted octanol–water partition coefficient (Wildman–Crippen LogP) is 2.85. The molecule has 1 aromatic rings. The summed E-state index contributed by atoms with van der Waals surface area (Å²) in [6, 6.07) is -0.712. The second kappa shape index (κ2) is 4.67. The van der Waals surface area contributed by atoms with Crippen LogP contribution in [0.3, 0.4) is 0 Å². The summed E-state index contributed by atoms with van der Waals surface area (Å²) in [5, 5.41) is 2.67. The van der Waals surface area contributed by atoms with E-state index in [0.717, 1.165) is 5.69 Å². The van der Waals surface area contributed by atoms with E-state index in [1.54, 1.807) is 13.8 Å². The quantitative estimate of drug-likeness (QED) is 0.872. The Morgan fingerprint density at radius 1 is 1.31 bits per heavy atom. The molecule has 1 atom stereocenters. The molecule has 0 bridgehead atoms. The molecule has 1 N–H and O–H groups in total. The van der Waals surface area contributed by atoms with E-state index in [1.165, 1.54) is 13.1 Å². The zero-order valence-electron chi connectivity index (χ0n) is 9.39. The molecule has 1 rings (SSSR count). The molecule has 0 saturated carbocycles. The standard InChI is InChI=1S/C10H14F3N3/c1-6(4-10(11,12)13)15-9-5-14-7(2)8(3)16-9/h5-6H,4H2,1-3H3,(H,15,16). The van der Waals surface area contributed by atoms with Crippen molar-refractivity contribution in [3.63, 3.8) is 0 Å². The molecular formula is C10H14F3N3. The summed E-state index contributed by atoms with van der Waals surface area (Å²) in [5.74, 6) is 0.375. The van der Waals surface area contributed by atoms with Gasteiger partial charge in [-0.3, -0.25) is 4.98 Å². The summed E-state index contributed by atoms with van der Waals surface area (Å²) < 4.78 is 36.2. The maximum atomic E-state index is 12.1. The molecule has 1 unspecified atom stereocenters. The van der Waals surface area contributed by atoms with E-state index in [0.29, 0.717) is 11.5 Å². The highest BCUT2D eigenvalue weighted by molar-refractivity contribution is 5.34. The fraction of sp³-hybridized carbons (Fsp3) is 0.600. The highest BCUT2D eigenvalue weighted by Gasteiger charge is 2.30. The van der Waals surface area contributed by atoms with Gasteiger partial charge in [0.15, 0.2) is 0 Å². The van der Waals surface area contributed by atoms with Gasteiger partial charge in [-0.05, 0) is 20.8 Å². The Morgan fingerprint density at radius 2 is 1.94 bits per heavy atom. The van der Waals surface area contributed by atoms with Crippen molar-refractivity contribution in [3.8, 4) is 0 Å². The van der Waals surface area contributed by atoms with Crippen molar-refractivity contribution in [2.24, 2.45) is 0 Å². The van der Waals surface area contributed by atoms with E-state index in [-0.39, 0.29) is 0 Å². The number of nitrogens with zero attached hydrogens (tertiary/aromatic N) is 2. The molecule has 0 saturated heterocycles. The Labute approximate surface area is 92.1 Å². The predicted molar refractivity (Wildman–Crippen MR) is 55.3 cm³/mol. The molecule has 0 spiro atoms. The monoisotopic (exact) mass is 233 g/mol. The minimum Gasteiger partial charge on any atom is -0.366 e. The maximum Gasteiger partial charge on any atom is 0.391 e. The van der Waals surface area contributed by atoms with Gasteiger partial charge in [-0.1, -0.05) is 0 Å². The molecular weight excluding hydrogens is 219 g/mol. The molecule has 0 aliphatic heterocycles. The van der Waals surface area contributed by atoms with Crippen LogP contribution in [-0.2, 0) is 0 Å². The summed E-state index contributed by atoms with van der Waals surface area (Å²) in [5.41, 5.74) is 1.48. The van der Waals surface area contributed by atoms with Crippen LogP contribution in [0.2, 0.25) is 0 Å². The topological polar surface area (TPSA) is 37.8 Å². The van der Waals surface area contributed by atoms with E-state index in [1.807, 2.05) is 0 Å². The molecule has 0 radical (unpaired) electrons. The van der Waals surface area contributed by atoms with Gasteiger partial charge in [-0.25, -0.2) is 4.98 Å². The van der Waals surface area contributed by atoms with Crippen molar-refractivity contribution in [3.05, 3.63) is 17.6 Å². The van der Waals surface area contributed by atoms with Gasteiger partial charge in [-0.15, -0.1) is 0 Å². The first-order valence-corrected chi connectivity index (χ1v) is 4.91. The van der Waals surface area contributed by atoms with Gasteiger partial charge in [0.1, 0.15) is 5.82 Å². The summed E-state index contributed by atoms with van der Waals surface area (Å²) in [4.78, 5) is 8.12. The van der Waals surface area contributed by atoms with Crippen LogP contribution in [0.25, 0.3) is 0 Å². The lowest BCUT2D eigenvalue weighted by Crippen LogP contribution is -2.24. The van der Waals surface area contributed by atoms with Crippen LogP contribution in [0.4, 0.5) is 19.0 Å². The highest BCUT2D eigenvalue weighted by atomic mass is 19.4. The lowest BCUT2D eigenvalue weighted by molar-refractivity contribution is -0.136. The molecule has 0 amide bonds. The van der Waals surface area contributed by atoms with Crippen molar-refractivity contribution >= 4 is 5.82 Å². The summed E-state index contributed by atoms with van der Waals surface area (Å²) in [6.45, 7) is 5.03. The molecule has 1 aromatic heterocycles. The fourth-order valence-corrected chi connectivity index (χ4v) is 1.26. The van der Waals surface area contributed by atoms with Crippen LogP contribution in [0.5, 0.6) is 0 Å². The zero-order chi connectivity index (χ0) is 12.3. The van der Waals surface area contributed by atoms with Crippen LogP contribution in [0.15, 0.2) is 6.20 Å². The van der Waals surface area contributed by atoms with Crippen molar-refractivity contribution in [1.82, 2.24) is 9.97 Å². The lowest BCUT2D eigenvalue weighted by Gasteiger charge is -2.16. The number of nitrogens with one attached hydrogen (secondary N) is 1. The molecule has 3 nitrogen and oxygen atoms in total. The summed E-state index contributed by atoms with van der Waals surface area (Å²) >= 11 is 0. The van der Waals surface area contributed by atoms with Crippen molar-refractivity contribution in [2.75, 3.05) is 5.32 Å². The van der Waals surface area contributed by atoms with E-state index >= 15 is 0 Å². The third kappa shape index (κ3) is 4.04. The van der Waals surface area contributed by atoms with Crippen LogP contribution < -0.4 is 5.32 Å². The number of aryl methyl sites for hydroxylation is 2. The van der Waals surface area contributed by atoms with E-state index in [9.17, 15) is 13.2 Å². The molecule has 90 valence electrons. The van der Waals surface area contributed by atoms with Crippen molar-refractivity contribution in [1.29, 1.82) is 0 Å². The minimum absolute atomic E-state index is 0.375. The minimum atomic E-state index is -4.17. The van der Waals surface area contributed by atoms with Crippen LogP contribution in [0.1, 0.15) is 24.7 Å². The molecule has 0 aliphatic carbocycles. The largest absolute Gasteiger partial charge is 0.391 e. The first kappa shape index (κ1) is 12.7. The molecule has 6 heteroatoms. The first-order valence-electron chi connectivity index (χ1n) is 4.91. The van der Waals surface area contributed by atoms with Gasteiger partial charge in [0.05, 0.1) is 24.0 Å². The smallest absolute Gasteiger partial charge is 0.366 e. The van der Waals surface area contributed by atoms with Gasteiger partial charge in [0.2, 0.25) is 0 Å². The van der Waals surface area contributed by atoms with Gasteiger partial charge in [-0.2, -0.15) is 13.2 Å². The van der Waals surface area contributed by atoms with Gasteiger partial charge in [0, 0.05) is 6.04 Å². The third-order valence-electron chi connectivity index (χ3n) is 2.12. The fourth-order valence-electron chi connectivity index (χ4n) is 1.26. The van der Waals surface area contributed by atoms with E-state index in [2.05, 4.69) is 15.3 Å². The third-order valence-corrected chi connectivity index (χ3v) is 2.12. The Bertz CT molecular complexity index is 363. The second-order valence-electron chi connectivity index (χ2n) is 3.79. The Hall–Kier alpha value is -1.33. The highest BCUT2D eigenvalue weighted by Crippen LogP contribution is 2.22. The molecule has 0 aromatic carbocycles.